The van der Waals surface area contributed by atoms with Crippen LogP contribution in [0.3, 0.4) is 0 Å². The topological polar surface area (TPSA) is 26.0 Å². The Morgan fingerprint density at radius 2 is 2.27 bits per heavy atom. The van der Waals surface area contributed by atoms with E-state index in [0.717, 1.165) is 0 Å². The average molecular weight is 167 g/mol. The van der Waals surface area contributed by atoms with E-state index < -0.39 is 0 Å². The van der Waals surface area contributed by atoms with E-state index in [4.69, 9.17) is 5.73 Å². The number of hydrogen-bond donors (Lipinski definition) is 1. The van der Waals surface area contributed by atoms with Crippen LogP contribution >= 0.6 is 11.3 Å². The van der Waals surface area contributed by atoms with Gasteiger partial charge in [-0.3, -0.25) is 0 Å². The molecule has 0 amide bonds. The molecule has 60 valence electrons. The second-order valence-corrected chi connectivity index (χ2v) is 4.41. The van der Waals surface area contributed by atoms with Gasteiger partial charge in [-0.1, -0.05) is 0 Å². The summed E-state index contributed by atoms with van der Waals surface area (Å²) in [5.74, 6) is 0. The molecule has 0 aromatic carbocycles. The molecule has 2 rings (SSSR count). The molecule has 0 saturated heterocycles. The van der Waals surface area contributed by atoms with Crippen LogP contribution in [0.25, 0.3) is 0 Å². The highest BCUT2D eigenvalue weighted by Crippen LogP contribution is 2.41. The van der Waals surface area contributed by atoms with Gasteiger partial charge in [-0.05, 0) is 43.2 Å². The second-order valence-electron chi connectivity index (χ2n) is 3.50. The number of aryl methyl sites for hydroxylation is 1. The summed E-state index contributed by atoms with van der Waals surface area (Å²) in [7, 11) is 0. The van der Waals surface area contributed by atoms with Crippen molar-refractivity contribution in [3.63, 3.8) is 0 Å². The lowest BCUT2D eigenvalue weighted by Crippen LogP contribution is -2.42. The van der Waals surface area contributed by atoms with Crippen molar-refractivity contribution >= 4 is 11.3 Å². The van der Waals surface area contributed by atoms with E-state index in [0.29, 0.717) is 0 Å². The lowest BCUT2D eigenvalue weighted by molar-refractivity contribution is 0.259. The zero-order valence-corrected chi connectivity index (χ0v) is 7.58. The van der Waals surface area contributed by atoms with Crippen LogP contribution in [0.15, 0.2) is 11.4 Å². The van der Waals surface area contributed by atoms with E-state index in [2.05, 4.69) is 18.4 Å². The first kappa shape index (κ1) is 7.32. The second kappa shape index (κ2) is 2.32. The van der Waals surface area contributed by atoms with Gasteiger partial charge in [-0.25, -0.2) is 0 Å². The van der Waals surface area contributed by atoms with E-state index in [1.165, 1.54) is 29.7 Å². The zero-order chi connectivity index (χ0) is 7.90. The van der Waals surface area contributed by atoms with Crippen LogP contribution < -0.4 is 5.73 Å². The summed E-state index contributed by atoms with van der Waals surface area (Å²) in [6, 6.07) is 2.23. The largest absolute Gasteiger partial charge is 0.321 e. The monoisotopic (exact) mass is 167 g/mol. The minimum Gasteiger partial charge on any atom is -0.321 e. The van der Waals surface area contributed by atoms with Crippen LogP contribution in [0.2, 0.25) is 0 Å². The van der Waals surface area contributed by atoms with E-state index in [9.17, 15) is 0 Å². The molecular formula is C9H13NS. The van der Waals surface area contributed by atoms with E-state index in [1.54, 1.807) is 0 Å². The van der Waals surface area contributed by atoms with Gasteiger partial charge >= 0.3 is 0 Å². The highest BCUT2D eigenvalue weighted by Gasteiger charge is 2.35. The molecule has 1 aliphatic carbocycles. The molecule has 2 N–H and O–H groups in total. The Kier molecular flexibility index (Phi) is 1.55. The fourth-order valence-electron chi connectivity index (χ4n) is 1.50. The average Bonchev–Trinajstić information content (AvgIpc) is 2.31. The fourth-order valence-corrected chi connectivity index (χ4v) is 2.57. The highest BCUT2D eigenvalue weighted by molar-refractivity contribution is 7.10. The van der Waals surface area contributed by atoms with Gasteiger partial charge in [-0.2, -0.15) is 0 Å². The van der Waals surface area contributed by atoms with Crippen LogP contribution in [-0.4, -0.2) is 0 Å². The van der Waals surface area contributed by atoms with Crippen molar-refractivity contribution in [2.75, 3.05) is 0 Å². The quantitative estimate of drug-likeness (QED) is 0.683. The van der Waals surface area contributed by atoms with Gasteiger partial charge in [0.2, 0.25) is 0 Å². The molecule has 1 heterocycles. The van der Waals surface area contributed by atoms with Crippen LogP contribution in [-0.2, 0) is 5.54 Å². The Hall–Kier alpha value is -0.340. The van der Waals surface area contributed by atoms with Crippen molar-refractivity contribution in [1.29, 1.82) is 0 Å². The predicted molar refractivity (Wildman–Crippen MR) is 48.8 cm³/mol. The minimum atomic E-state index is 0.0545. The van der Waals surface area contributed by atoms with Gasteiger partial charge < -0.3 is 5.73 Å². The van der Waals surface area contributed by atoms with Crippen molar-refractivity contribution in [3.8, 4) is 0 Å². The minimum absolute atomic E-state index is 0.0545. The number of nitrogens with two attached hydrogens (primary N) is 1. The summed E-state index contributed by atoms with van der Waals surface area (Å²) in [5, 5.41) is 2.18. The fraction of sp³-hybridized carbons (Fsp3) is 0.556. The van der Waals surface area contributed by atoms with Crippen molar-refractivity contribution in [2.45, 2.75) is 31.7 Å². The number of thiophene rings is 1. The Labute approximate surface area is 71.2 Å². The number of rotatable bonds is 1. The zero-order valence-electron chi connectivity index (χ0n) is 6.76. The molecule has 1 aromatic rings. The standard InChI is InChI=1S/C9H13NS/c1-7-5-8(11-6-7)9(10)3-2-4-9/h5-6H,2-4,10H2,1H3. The molecule has 0 atom stereocenters. The van der Waals surface area contributed by atoms with Crippen LogP contribution in [0.1, 0.15) is 29.7 Å². The maximum atomic E-state index is 6.15. The summed E-state index contributed by atoms with van der Waals surface area (Å²) in [6.45, 7) is 2.13. The molecule has 2 heteroatoms. The number of hydrogen-bond acceptors (Lipinski definition) is 2. The van der Waals surface area contributed by atoms with Gasteiger partial charge in [0.1, 0.15) is 0 Å². The summed E-state index contributed by atoms with van der Waals surface area (Å²) in [4.78, 5) is 1.38. The molecule has 0 unspecified atom stereocenters. The van der Waals surface area contributed by atoms with E-state index in [1.807, 2.05) is 11.3 Å². The molecule has 1 fully saturated rings. The Morgan fingerprint density at radius 1 is 1.55 bits per heavy atom. The third-order valence-corrected chi connectivity index (χ3v) is 3.74. The summed E-state index contributed by atoms with van der Waals surface area (Å²) >= 11 is 1.81. The lowest BCUT2D eigenvalue weighted by Gasteiger charge is -2.37. The van der Waals surface area contributed by atoms with Gasteiger partial charge in [0, 0.05) is 4.88 Å². The molecule has 0 spiro atoms. The van der Waals surface area contributed by atoms with Gasteiger partial charge in [0.15, 0.2) is 0 Å². The smallest absolute Gasteiger partial charge is 0.0503 e. The molecule has 1 nitrogen and oxygen atoms in total. The third kappa shape index (κ3) is 1.10. The molecule has 1 aliphatic rings. The maximum absolute atomic E-state index is 6.15. The van der Waals surface area contributed by atoms with Gasteiger partial charge in [0.05, 0.1) is 5.54 Å². The van der Waals surface area contributed by atoms with Gasteiger partial charge in [-0.15, -0.1) is 11.3 Å². The first-order chi connectivity index (χ1) is 5.21. The van der Waals surface area contributed by atoms with Crippen LogP contribution in [0.5, 0.6) is 0 Å². The molecular weight excluding hydrogens is 154 g/mol. The van der Waals surface area contributed by atoms with Crippen molar-refractivity contribution in [2.24, 2.45) is 5.73 Å². The van der Waals surface area contributed by atoms with E-state index in [-0.39, 0.29) is 5.54 Å². The van der Waals surface area contributed by atoms with Crippen LogP contribution in [0, 0.1) is 6.92 Å². The SMILES string of the molecule is Cc1csc(C2(N)CCC2)c1. The summed E-state index contributed by atoms with van der Waals surface area (Å²) < 4.78 is 0. The van der Waals surface area contributed by atoms with Crippen molar-refractivity contribution < 1.29 is 0 Å². The Bertz CT molecular complexity index is 260. The first-order valence-corrected chi connectivity index (χ1v) is 4.93. The molecule has 0 radical (unpaired) electrons. The van der Waals surface area contributed by atoms with Crippen LogP contribution in [0.4, 0.5) is 0 Å². The normalized spacial score (nSPS) is 21.3. The molecule has 1 saturated carbocycles. The first-order valence-electron chi connectivity index (χ1n) is 4.05. The van der Waals surface area contributed by atoms with Crippen molar-refractivity contribution in [3.05, 3.63) is 21.9 Å². The highest BCUT2D eigenvalue weighted by atomic mass is 32.1. The maximum Gasteiger partial charge on any atom is 0.0503 e. The lowest BCUT2D eigenvalue weighted by atomic mass is 9.76. The molecule has 0 aliphatic heterocycles. The molecule has 0 bridgehead atoms. The van der Waals surface area contributed by atoms with E-state index >= 15 is 0 Å². The third-order valence-electron chi connectivity index (χ3n) is 2.47. The predicted octanol–water partition coefficient (Wildman–Crippen LogP) is 2.39. The summed E-state index contributed by atoms with van der Waals surface area (Å²) in [6.07, 6.45) is 3.65. The Balaban J connectivity index is 2.28. The van der Waals surface area contributed by atoms with Crippen molar-refractivity contribution in [1.82, 2.24) is 0 Å². The summed E-state index contributed by atoms with van der Waals surface area (Å²) in [5.41, 5.74) is 7.55. The molecule has 11 heavy (non-hydrogen) atoms. The Morgan fingerprint density at radius 3 is 2.64 bits per heavy atom. The molecule has 1 aromatic heterocycles. The van der Waals surface area contributed by atoms with Gasteiger partial charge in [0.25, 0.3) is 0 Å².